The van der Waals surface area contributed by atoms with E-state index in [0.29, 0.717) is 23.9 Å². The first kappa shape index (κ1) is 19.1. The Kier molecular flexibility index (Phi) is 5.55. The van der Waals surface area contributed by atoms with Crippen molar-refractivity contribution < 1.29 is 14.3 Å². The van der Waals surface area contributed by atoms with Crippen LogP contribution in [-0.2, 0) is 11.3 Å². The second-order valence-corrected chi connectivity index (χ2v) is 6.90. The number of morpholine rings is 1. The number of nitrogens with zero attached hydrogens (tertiary/aromatic N) is 3. The molecule has 0 spiro atoms. The number of hydrogen-bond donors (Lipinski definition) is 2. The van der Waals surface area contributed by atoms with Gasteiger partial charge in [-0.2, -0.15) is 4.98 Å². The number of primary amides is 1. The van der Waals surface area contributed by atoms with Gasteiger partial charge in [0.1, 0.15) is 11.6 Å². The number of hydrogen-bond acceptors (Lipinski definition) is 6. The maximum atomic E-state index is 11.3. The van der Waals surface area contributed by atoms with Crippen LogP contribution in [0.3, 0.4) is 0 Å². The van der Waals surface area contributed by atoms with E-state index in [1.165, 1.54) is 0 Å². The predicted octanol–water partition coefficient (Wildman–Crippen LogP) is 3.05. The number of nitrogens with one attached hydrogen (secondary N) is 1. The Morgan fingerprint density at radius 2 is 1.93 bits per heavy atom. The number of carbonyl (C=O) groups excluding carboxylic acids is 1. The van der Waals surface area contributed by atoms with Crippen molar-refractivity contribution in [1.82, 2.24) is 14.9 Å². The van der Waals surface area contributed by atoms with Gasteiger partial charge >= 0.3 is 6.03 Å². The molecule has 3 aromatic rings. The third-order valence-electron chi connectivity index (χ3n) is 4.70. The molecular formula is C21H23N5O3. The normalized spacial score (nSPS) is 14.7. The van der Waals surface area contributed by atoms with E-state index in [0.717, 1.165) is 48.6 Å². The number of aryl methyl sites for hydroxylation is 1. The molecule has 2 aromatic carbocycles. The average molecular weight is 393 g/mol. The fourth-order valence-electron chi connectivity index (χ4n) is 3.40. The summed E-state index contributed by atoms with van der Waals surface area (Å²) in [5, 5.41) is 4.33. The molecule has 3 N–H and O–H groups in total. The molecule has 4 rings (SSSR count). The zero-order valence-corrected chi connectivity index (χ0v) is 16.2. The largest absolute Gasteiger partial charge is 0.438 e. The summed E-state index contributed by atoms with van der Waals surface area (Å²) in [5.74, 6) is 1.85. The summed E-state index contributed by atoms with van der Waals surface area (Å²) in [5.41, 5.74) is 6.75. The Bertz CT molecular complexity index is 1030. The van der Waals surface area contributed by atoms with Gasteiger partial charge in [-0.1, -0.05) is 24.3 Å². The lowest BCUT2D eigenvalue weighted by Crippen LogP contribution is -2.36. The molecule has 2 heterocycles. The lowest BCUT2D eigenvalue weighted by atomic mass is 10.1. The van der Waals surface area contributed by atoms with Gasteiger partial charge in [-0.3, -0.25) is 4.90 Å². The van der Waals surface area contributed by atoms with Crippen LogP contribution in [0.4, 0.5) is 10.5 Å². The first-order valence-electron chi connectivity index (χ1n) is 9.49. The summed E-state index contributed by atoms with van der Waals surface area (Å²) in [7, 11) is 0. The Hall–Kier alpha value is -3.23. The Labute approximate surface area is 168 Å². The van der Waals surface area contributed by atoms with Gasteiger partial charge in [0.15, 0.2) is 0 Å². The summed E-state index contributed by atoms with van der Waals surface area (Å²) in [6.07, 6.45) is 0. The van der Waals surface area contributed by atoms with Crippen LogP contribution >= 0.6 is 0 Å². The fraction of sp³-hybridized carbons (Fsp3) is 0.286. The smallest absolute Gasteiger partial charge is 0.316 e. The van der Waals surface area contributed by atoms with Crippen molar-refractivity contribution in [2.75, 3.05) is 31.6 Å². The van der Waals surface area contributed by atoms with E-state index in [-0.39, 0.29) is 0 Å². The average Bonchev–Trinajstić information content (AvgIpc) is 2.70. The molecule has 2 amide bonds. The molecule has 0 atom stereocenters. The van der Waals surface area contributed by atoms with Crippen molar-refractivity contribution in [2.45, 2.75) is 13.5 Å². The second kappa shape index (κ2) is 8.42. The third-order valence-corrected chi connectivity index (χ3v) is 4.70. The number of urea groups is 1. The summed E-state index contributed by atoms with van der Waals surface area (Å²) >= 11 is 0. The lowest BCUT2D eigenvalue weighted by Gasteiger charge is -2.25. The monoisotopic (exact) mass is 393 g/mol. The summed E-state index contributed by atoms with van der Waals surface area (Å²) in [6.45, 7) is 5.78. The molecule has 8 nitrogen and oxygen atoms in total. The van der Waals surface area contributed by atoms with Gasteiger partial charge < -0.3 is 20.5 Å². The zero-order chi connectivity index (χ0) is 20.2. The number of carbonyl (C=O) groups is 1. The first-order chi connectivity index (χ1) is 14.1. The number of ether oxygens (including phenoxy) is 2. The molecule has 0 bridgehead atoms. The van der Waals surface area contributed by atoms with E-state index < -0.39 is 6.03 Å². The van der Waals surface area contributed by atoms with Gasteiger partial charge in [-0.05, 0) is 19.1 Å². The molecule has 29 heavy (non-hydrogen) atoms. The number of benzene rings is 2. The highest BCUT2D eigenvalue weighted by Crippen LogP contribution is 2.34. The van der Waals surface area contributed by atoms with E-state index in [1.807, 2.05) is 37.3 Å². The van der Waals surface area contributed by atoms with Crippen LogP contribution in [0.15, 0.2) is 42.5 Å². The third kappa shape index (κ3) is 4.61. The Morgan fingerprint density at radius 1 is 1.17 bits per heavy atom. The summed E-state index contributed by atoms with van der Waals surface area (Å²) in [6, 6.07) is 12.4. The molecule has 0 aliphatic carbocycles. The predicted molar refractivity (Wildman–Crippen MR) is 110 cm³/mol. The number of nitrogens with two attached hydrogens (primary N) is 1. The molecule has 8 heteroatoms. The van der Waals surface area contributed by atoms with Gasteiger partial charge in [0.25, 0.3) is 0 Å². The van der Waals surface area contributed by atoms with Crippen molar-refractivity contribution in [3.63, 3.8) is 0 Å². The molecule has 0 saturated carbocycles. The molecule has 0 unspecified atom stereocenters. The number of anilines is 1. The van der Waals surface area contributed by atoms with Gasteiger partial charge in [0.2, 0.25) is 5.88 Å². The highest BCUT2D eigenvalue weighted by atomic mass is 16.5. The van der Waals surface area contributed by atoms with Crippen molar-refractivity contribution >= 4 is 22.5 Å². The number of fused-ring (bicyclic) bond motifs is 1. The van der Waals surface area contributed by atoms with Crippen LogP contribution in [0.5, 0.6) is 11.6 Å². The van der Waals surface area contributed by atoms with E-state index in [2.05, 4.69) is 20.2 Å². The minimum absolute atomic E-state index is 0.488. The summed E-state index contributed by atoms with van der Waals surface area (Å²) < 4.78 is 11.5. The molecule has 0 radical (unpaired) electrons. The van der Waals surface area contributed by atoms with Crippen molar-refractivity contribution in [2.24, 2.45) is 5.73 Å². The molecule has 150 valence electrons. The highest BCUT2D eigenvalue weighted by Gasteiger charge is 2.14. The van der Waals surface area contributed by atoms with E-state index >= 15 is 0 Å². The Morgan fingerprint density at radius 3 is 2.69 bits per heavy atom. The van der Waals surface area contributed by atoms with Crippen molar-refractivity contribution in [3.05, 3.63) is 54.0 Å². The SMILES string of the molecule is Cc1cc(Oc2ccc(NC(N)=O)c3ccccc23)nc(CN2CCOCC2)n1. The van der Waals surface area contributed by atoms with Crippen LogP contribution in [0, 0.1) is 6.92 Å². The zero-order valence-electron chi connectivity index (χ0n) is 16.2. The van der Waals surface area contributed by atoms with Crippen molar-refractivity contribution in [1.29, 1.82) is 0 Å². The minimum atomic E-state index is -0.608. The fourth-order valence-corrected chi connectivity index (χ4v) is 3.40. The number of rotatable bonds is 5. The molecule has 1 aromatic heterocycles. The topological polar surface area (TPSA) is 103 Å². The number of amides is 2. The molecule has 1 fully saturated rings. The van der Waals surface area contributed by atoms with Crippen LogP contribution in [0.2, 0.25) is 0 Å². The van der Waals surface area contributed by atoms with Crippen molar-refractivity contribution in [3.8, 4) is 11.6 Å². The lowest BCUT2D eigenvalue weighted by molar-refractivity contribution is 0.0330. The van der Waals surface area contributed by atoms with Gasteiger partial charge in [-0.25, -0.2) is 9.78 Å². The number of aromatic nitrogens is 2. The van der Waals surface area contributed by atoms with E-state index in [9.17, 15) is 4.79 Å². The van der Waals surface area contributed by atoms with E-state index in [4.69, 9.17) is 15.2 Å². The molecule has 1 saturated heterocycles. The van der Waals surface area contributed by atoms with Crippen LogP contribution in [-0.4, -0.2) is 47.2 Å². The Balaban J connectivity index is 1.62. The minimum Gasteiger partial charge on any atom is -0.438 e. The van der Waals surface area contributed by atoms with Crippen LogP contribution < -0.4 is 15.8 Å². The first-order valence-corrected chi connectivity index (χ1v) is 9.49. The molecule has 1 aliphatic heterocycles. The maximum Gasteiger partial charge on any atom is 0.316 e. The van der Waals surface area contributed by atoms with Gasteiger partial charge in [-0.15, -0.1) is 0 Å². The van der Waals surface area contributed by atoms with Crippen LogP contribution in [0.25, 0.3) is 10.8 Å². The highest BCUT2D eigenvalue weighted by molar-refractivity contribution is 6.03. The van der Waals surface area contributed by atoms with Gasteiger partial charge in [0, 0.05) is 35.6 Å². The molecule has 1 aliphatic rings. The van der Waals surface area contributed by atoms with Crippen LogP contribution in [0.1, 0.15) is 11.5 Å². The quantitative estimate of drug-likeness (QED) is 0.691. The van der Waals surface area contributed by atoms with E-state index in [1.54, 1.807) is 12.1 Å². The maximum absolute atomic E-state index is 11.3. The second-order valence-electron chi connectivity index (χ2n) is 6.90. The standard InChI is InChI=1S/C21H23N5O3/c1-14-12-20(25-19(23-14)13-26-8-10-28-11-9-26)29-18-7-6-17(24-21(22)27)15-4-2-3-5-16(15)18/h2-7,12H,8-11,13H2,1H3,(H3,22,24,27). The molecular weight excluding hydrogens is 370 g/mol. The van der Waals surface area contributed by atoms with Gasteiger partial charge in [0.05, 0.1) is 25.4 Å². The summed E-state index contributed by atoms with van der Waals surface area (Å²) in [4.78, 5) is 22.7.